The molecule has 2 heterocycles. The SMILES string of the molecule is CNCc1ncc(-c2sc(C)nc2C)o1. The van der Waals surface area contributed by atoms with E-state index in [1.165, 1.54) is 0 Å². The van der Waals surface area contributed by atoms with Gasteiger partial charge in [0.25, 0.3) is 0 Å². The van der Waals surface area contributed by atoms with Gasteiger partial charge in [-0.2, -0.15) is 0 Å². The summed E-state index contributed by atoms with van der Waals surface area (Å²) in [7, 11) is 1.87. The van der Waals surface area contributed by atoms with E-state index >= 15 is 0 Å². The van der Waals surface area contributed by atoms with Crippen LogP contribution < -0.4 is 5.32 Å². The Morgan fingerprint density at radius 1 is 1.47 bits per heavy atom. The maximum absolute atomic E-state index is 5.60. The van der Waals surface area contributed by atoms with Crippen LogP contribution in [0.1, 0.15) is 16.6 Å². The van der Waals surface area contributed by atoms with Crippen LogP contribution in [0.15, 0.2) is 10.6 Å². The van der Waals surface area contributed by atoms with Gasteiger partial charge in [0.05, 0.1) is 28.3 Å². The van der Waals surface area contributed by atoms with Crippen molar-refractivity contribution in [2.24, 2.45) is 0 Å². The Bertz CT molecular complexity index is 461. The normalized spacial score (nSPS) is 10.9. The molecule has 4 nitrogen and oxygen atoms in total. The van der Waals surface area contributed by atoms with E-state index in [-0.39, 0.29) is 0 Å². The highest BCUT2D eigenvalue weighted by Crippen LogP contribution is 2.29. The fraction of sp³-hybridized carbons (Fsp3) is 0.400. The van der Waals surface area contributed by atoms with Crippen molar-refractivity contribution < 1.29 is 4.42 Å². The molecule has 0 unspecified atom stereocenters. The first-order valence-corrected chi connectivity index (χ1v) is 5.56. The van der Waals surface area contributed by atoms with Crippen molar-refractivity contribution in [3.63, 3.8) is 0 Å². The Morgan fingerprint density at radius 3 is 2.87 bits per heavy atom. The number of nitrogens with zero attached hydrogens (tertiary/aromatic N) is 2. The van der Waals surface area contributed by atoms with Crippen LogP contribution in [0.5, 0.6) is 0 Å². The molecule has 0 aliphatic heterocycles. The summed E-state index contributed by atoms with van der Waals surface area (Å²) in [5.41, 5.74) is 1.00. The van der Waals surface area contributed by atoms with Gasteiger partial charge in [0.2, 0.25) is 5.89 Å². The van der Waals surface area contributed by atoms with Crippen molar-refractivity contribution in [2.45, 2.75) is 20.4 Å². The summed E-state index contributed by atoms with van der Waals surface area (Å²) in [6.45, 7) is 4.63. The number of rotatable bonds is 3. The van der Waals surface area contributed by atoms with Gasteiger partial charge in [0.15, 0.2) is 5.76 Å². The van der Waals surface area contributed by atoms with Gasteiger partial charge in [-0.05, 0) is 20.9 Å². The second-order valence-corrected chi connectivity index (χ2v) is 4.50. The third kappa shape index (κ3) is 2.08. The number of aromatic nitrogens is 2. The van der Waals surface area contributed by atoms with Gasteiger partial charge in [-0.25, -0.2) is 9.97 Å². The Hall–Kier alpha value is -1.20. The lowest BCUT2D eigenvalue weighted by molar-refractivity contribution is 0.491. The Morgan fingerprint density at radius 2 is 2.27 bits per heavy atom. The number of aryl methyl sites for hydroxylation is 2. The number of hydrogen-bond donors (Lipinski definition) is 1. The van der Waals surface area contributed by atoms with Crippen LogP contribution in [0, 0.1) is 13.8 Å². The van der Waals surface area contributed by atoms with Crippen LogP contribution in [0.3, 0.4) is 0 Å². The molecule has 15 heavy (non-hydrogen) atoms. The molecule has 0 aliphatic carbocycles. The molecule has 1 N–H and O–H groups in total. The van der Waals surface area contributed by atoms with Crippen LogP contribution >= 0.6 is 11.3 Å². The van der Waals surface area contributed by atoms with Crippen LogP contribution in [0.2, 0.25) is 0 Å². The maximum Gasteiger partial charge on any atom is 0.208 e. The highest BCUT2D eigenvalue weighted by atomic mass is 32.1. The predicted octanol–water partition coefficient (Wildman–Crippen LogP) is 2.13. The molecule has 0 spiro atoms. The highest BCUT2D eigenvalue weighted by molar-refractivity contribution is 7.15. The van der Waals surface area contributed by atoms with E-state index in [1.807, 2.05) is 20.9 Å². The third-order valence-electron chi connectivity index (χ3n) is 2.01. The zero-order chi connectivity index (χ0) is 10.8. The lowest BCUT2D eigenvalue weighted by Gasteiger charge is -1.92. The van der Waals surface area contributed by atoms with Crippen molar-refractivity contribution in [3.05, 3.63) is 22.8 Å². The van der Waals surface area contributed by atoms with E-state index in [0.29, 0.717) is 12.4 Å². The summed E-state index contributed by atoms with van der Waals surface area (Å²) in [5.74, 6) is 1.52. The van der Waals surface area contributed by atoms with Crippen LogP contribution in [0.25, 0.3) is 10.6 Å². The van der Waals surface area contributed by atoms with Gasteiger partial charge < -0.3 is 9.73 Å². The first-order chi connectivity index (χ1) is 7.20. The zero-order valence-electron chi connectivity index (χ0n) is 9.00. The van der Waals surface area contributed by atoms with Gasteiger partial charge in [0, 0.05) is 0 Å². The largest absolute Gasteiger partial charge is 0.438 e. The van der Waals surface area contributed by atoms with E-state index in [2.05, 4.69) is 15.3 Å². The molecule has 2 aromatic heterocycles. The zero-order valence-corrected chi connectivity index (χ0v) is 9.81. The summed E-state index contributed by atoms with van der Waals surface area (Å²) in [6, 6.07) is 0. The van der Waals surface area contributed by atoms with E-state index in [1.54, 1.807) is 17.5 Å². The van der Waals surface area contributed by atoms with E-state index in [4.69, 9.17) is 4.42 Å². The quantitative estimate of drug-likeness (QED) is 0.866. The summed E-state index contributed by atoms with van der Waals surface area (Å²) in [4.78, 5) is 9.61. The minimum atomic E-state index is 0.650. The molecule has 0 saturated heterocycles. The Labute approximate surface area is 92.4 Å². The summed E-state index contributed by atoms with van der Waals surface area (Å²) in [5, 5.41) is 4.05. The molecule has 0 atom stereocenters. The minimum Gasteiger partial charge on any atom is -0.438 e. The lowest BCUT2D eigenvalue weighted by Crippen LogP contribution is -2.04. The van der Waals surface area contributed by atoms with Crippen molar-refractivity contribution >= 4 is 11.3 Å². The van der Waals surface area contributed by atoms with Crippen LogP contribution in [0.4, 0.5) is 0 Å². The number of hydrogen-bond acceptors (Lipinski definition) is 5. The molecule has 0 fully saturated rings. The molecule has 0 aliphatic rings. The van der Waals surface area contributed by atoms with E-state index in [0.717, 1.165) is 21.3 Å². The van der Waals surface area contributed by atoms with Crippen LogP contribution in [-0.4, -0.2) is 17.0 Å². The fourth-order valence-electron chi connectivity index (χ4n) is 1.41. The first kappa shape index (κ1) is 10.3. The molecule has 80 valence electrons. The lowest BCUT2D eigenvalue weighted by atomic mass is 10.3. The van der Waals surface area contributed by atoms with Crippen molar-refractivity contribution in [1.29, 1.82) is 0 Å². The van der Waals surface area contributed by atoms with E-state index < -0.39 is 0 Å². The average molecular weight is 223 g/mol. The topological polar surface area (TPSA) is 51.0 Å². The second-order valence-electron chi connectivity index (χ2n) is 3.30. The second kappa shape index (κ2) is 4.12. The molecule has 0 bridgehead atoms. The molecule has 0 amide bonds. The summed E-state index contributed by atoms with van der Waals surface area (Å²) < 4.78 is 5.60. The number of thiazole rings is 1. The molecule has 2 aromatic rings. The van der Waals surface area contributed by atoms with Gasteiger partial charge in [-0.1, -0.05) is 0 Å². The molecular weight excluding hydrogens is 210 g/mol. The maximum atomic E-state index is 5.60. The van der Waals surface area contributed by atoms with Gasteiger partial charge >= 0.3 is 0 Å². The molecule has 5 heteroatoms. The van der Waals surface area contributed by atoms with Crippen molar-refractivity contribution in [2.75, 3.05) is 7.05 Å². The van der Waals surface area contributed by atoms with Crippen molar-refractivity contribution in [1.82, 2.24) is 15.3 Å². The van der Waals surface area contributed by atoms with Crippen LogP contribution in [-0.2, 0) is 6.54 Å². The molecule has 0 radical (unpaired) electrons. The Kier molecular flexibility index (Phi) is 2.83. The third-order valence-corrected chi connectivity index (χ3v) is 3.10. The monoisotopic (exact) mass is 223 g/mol. The van der Waals surface area contributed by atoms with Gasteiger partial charge in [0.1, 0.15) is 0 Å². The fourth-order valence-corrected chi connectivity index (χ4v) is 2.27. The standard InChI is InChI=1S/C10H13N3OS/c1-6-10(15-7(2)13-6)8-4-12-9(14-8)5-11-3/h4,11H,5H2,1-3H3. The molecule has 2 rings (SSSR count). The van der Waals surface area contributed by atoms with Crippen molar-refractivity contribution in [3.8, 4) is 10.6 Å². The molecule has 0 aromatic carbocycles. The number of oxazole rings is 1. The summed E-state index contributed by atoms with van der Waals surface area (Å²) >= 11 is 1.63. The highest BCUT2D eigenvalue weighted by Gasteiger charge is 2.12. The predicted molar refractivity (Wildman–Crippen MR) is 59.8 cm³/mol. The summed E-state index contributed by atoms with van der Waals surface area (Å²) in [6.07, 6.45) is 1.76. The number of nitrogens with one attached hydrogen (secondary N) is 1. The Balaban J connectivity index is 2.32. The molecular formula is C10H13N3OS. The van der Waals surface area contributed by atoms with E-state index in [9.17, 15) is 0 Å². The smallest absolute Gasteiger partial charge is 0.208 e. The van der Waals surface area contributed by atoms with Gasteiger partial charge in [-0.3, -0.25) is 0 Å². The van der Waals surface area contributed by atoms with Gasteiger partial charge in [-0.15, -0.1) is 11.3 Å². The molecule has 0 saturated carbocycles. The minimum absolute atomic E-state index is 0.650. The average Bonchev–Trinajstić information content (AvgIpc) is 2.73. The first-order valence-electron chi connectivity index (χ1n) is 4.74.